The van der Waals surface area contributed by atoms with Crippen molar-refractivity contribution < 1.29 is 4.74 Å². The third kappa shape index (κ3) is 5.53. The first-order chi connectivity index (χ1) is 13.5. The Balaban J connectivity index is 1.75. The molecular weight excluding hydrogens is 342 g/mol. The van der Waals surface area contributed by atoms with E-state index in [9.17, 15) is 0 Å². The second-order valence-corrected chi connectivity index (χ2v) is 10.1. The van der Waals surface area contributed by atoms with Gasteiger partial charge in [0.2, 0.25) is 0 Å². The maximum atomic E-state index is 5.37. The van der Waals surface area contributed by atoms with Crippen LogP contribution in [0.2, 0.25) is 0 Å². The fraction of sp³-hybridized carbons (Fsp3) is 0.769. The molecule has 2 aliphatic carbocycles. The number of fused-ring (bicyclic) bond motifs is 2. The third-order valence-corrected chi connectivity index (χ3v) is 7.33. The van der Waals surface area contributed by atoms with E-state index in [1.807, 2.05) is 0 Å². The Morgan fingerprint density at radius 3 is 2.18 bits per heavy atom. The minimum Gasteiger partial charge on any atom is -0.497 e. The molecule has 2 nitrogen and oxygen atoms in total. The molecule has 2 fully saturated rings. The second-order valence-electron chi connectivity index (χ2n) is 10.1. The van der Waals surface area contributed by atoms with Gasteiger partial charge in [-0.2, -0.15) is 0 Å². The first-order valence-electron chi connectivity index (χ1n) is 11.9. The summed E-state index contributed by atoms with van der Waals surface area (Å²) in [4.78, 5) is 2.92. The highest BCUT2D eigenvalue weighted by atomic mass is 16.5. The molecule has 28 heavy (non-hydrogen) atoms. The lowest BCUT2D eigenvalue weighted by Gasteiger charge is -2.55. The summed E-state index contributed by atoms with van der Waals surface area (Å²) in [6.45, 7) is 9.68. The molecule has 2 saturated carbocycles. The molecule has 1 aromatic carbocycles. The molecule has 0 aromatic heterocycles. The lowest BCUT2D eigenvalue weighted by molar-refractivity contribution is -0.0456. The summed E-state index contributed by atoms with van der Waals surface area (Å²) in [7, 11) is 1.75. The van der Waals surface area contributed by atoms with E-state index >= 15 is 0 Å². The summed E-state index contributed by atoms with van der Waals surface area (Å²) < 4.78 is 5.37. The van der Waals surface area contributed by atoms with Crippen molar-refractivity contribution in [2.45, 2.75) is 97.1 Å². The van der Waals surface area contributed by atoms with E-state index in [-0.39, 0.29) is 0 Å². The molecule has 2 atom stereocenters. The Kier molecular flexibility index (Phi) is 7.85. The minimum atomic E-state index is 0.435. The number of hydrogen-bond donors (Lipinski definition) is 0. The largest absolute Gasteiger partial charge is 0.497 e. The van der Waals surface area contributed by atoms with Gasteiger partial charge in [0.1, 0.15) is 5.75 Å². The van der Waals surface area contributed by atoms with Crippen LogP contribution in [-0.2, 0) is 6.54 Å². The van der Waals surface area contributed by atoms with Gasteiger partial charge in [0.15, 0.2) is 0 Å². The van der Waals surface area contributed by atoms with Crippen molar-refractivity contribution in [1.29, 1.82) is 0 Å². The summed E-state index contributed by atoms with van der Waals surface area (Å²) in [5, 5.41) is 0. The van der Waals surface area contributed by atoms with Crippen LogP contribution < -0.4 is 4.74 Å². The number of unbranched alkanes of at least 4 members (excludes halogenated alkanes) is 4. The Morgan fingerprint density at radius 1 is 0.929 bits per heavy atom. The normalized spacial score (nSPS) is 29.8. The van der Waals surface area contributed by atoms with Crippen LogP contribution in [0.15, 0.2) is 24.3 Å². The first-order valence-corrected chi connectivity index (χ1v) is 11.9. The summed E-state index contributed by atoms with van der Waals surface area (Å²) in [5.74, 6) is 3.67. The average Bonchev–Trinajstić information content (AvgIpc) is 2.66. The van der Waals surface area contributed by atoms with Gasteiger partial charge in [-0.05, 0) is 80.5 Å². The molecule has 0 saturated heterocycles. The molecule has 0 amide bonds. The van der Waals surface area contributed by atoms with Crippen LogP contribution >= 0.6 is 0 Å². The highest BCUT2D eigenvalue weighted by Gasteiger charge is 2.47. The van der Waals surface area contributed by atoms with Crippen LogP contribution in [0.5, 0.6) is 5.75 Å². The molecule has 2 unspecified atom stereocenters. The highest BCUT2D eigenvalue weighted by molar-refractivity contribution is 5.27. The van der Waals surface area contributed by atoms with E-state index < -0.39 is 0 Å². The Bertz CT molecular complexity index is 561. The van der Waals surface area contributed by atoms with E-state index in [1.165, 1.54) is 76.3 Å². The molecule has 3 rings (SSSR count). The van der Waals surface area contributed by atoms with Crippen molar-refractivity contribution in [3.8, 4) is 5.75 Å². The number of rotatable bonds is 10. The van der Waals surface area contributed by atoms with Gasteiger partial charge in [-0.1, -0.05) is 58.6 Å². The predicted octanol–water partition coefficient (Wildman–Crippen LogP) is 7.07. The lowest BCUT2D eigenvalue weighted by atomic mass is 9.60. The number of ether oxygens (including phenoxy) is 1. The molecule has 0 heterocycles. The Hall–Kier alpha value is -1.02. The number of benzene rings is 1. The minimum absolute atomic E-state index is 0.435. The molecule has 0 spiro atoms. The molecule has 0 radical (unpaired) electrons. The van der Waals surface area contributed by atoms with Crippen molar-refractivity contribution in [2.75, 3.05) is 13.7 Å². The zero-order valence-corrected chi connectivity index (χ0v) is 18.9. The molecule has 1 aromatic rings. The monoisotopic (exact) mass is 385 g/mol. The van der Waals surface area contributed by atoms with Crippen LogP contribution in [0.4, 0.5) is 0 Å². The zero-order valence-electron chi connectivity index (χ0n) is 18.9. The standard InChI is InChI=1S/C26H43NO/c1-5-6-7-8-9-14-27(20-23-10-12-25(28-4)13-11-23)26-17-21(2)15-24(19-26)16-22(3)18-26/h10-13,21-22,24H,5-9,14-20H2,1-4H3. The van der Waals surface area contributed by atoms with Crippen LogP contribution in [-0.4, -0.2) is 24.1 Å². The van der Waals surface area contributed by atoms with E-state index in [0.29, 0.717) is 5.54 Å². The zero-order chi connectivity index (χ0) is 20.0. The van der Waals surface area contributed by atoms with Gasteiger partial charge in [0.25, 0.3) is 0 Å². The third-order valence-electron chi connectivity index (χ3n) is 7.33. The SMILES string of the molecule is CCCCCCCN(Cc1ccc(OC)cc1)C12CC(C)CC(CC(C)C1)C2. The van der Waals surface area contributed by atoms with Gasteiger partial charge in [0.05, 0.1) is 7.11 Å². The summed E-state index contributed by atoms with van der Waals surface area (Å²) in [6.07, 6.45) is 14.0. The quantitative estimate of drug-likeness (QED) is 0.399. The van der Waals surface area contributed by atoms with Gasteiger partial charge in [-0.25, -0.2) is 0 Å². The summed E-state index contributed by atoms with van der Waals surface area (Å²) in [6, 6.07) is 8.80. The van der Waals surface area contributed by atoms with E-state index in [1.54, 1.807) is 7.11 Å². The van der Waals surface area contributed by atoms with Gasteiger partial charge in [0, 0.05) is 12.1 Å². The number of methoxy groups -OCH3 is 1. The van der Waals surface area contributed by atoms with Crippen molar-refractivity contribution in [1.82, 2.24) is 4.90 Å². The molecule has 158 valence electrons. The van der Waals surface area contributed by atoms with Gasteiger partial charge in [-0.15, -0.1) is 0 Å². The fourth-order valence-electron chi connectivity index (χ4n) is 6.38. The molecule has 2 bridgehead atoms. The maximum absolute atomic E-state index is 5.37. The topological polar surface area (TPSA) is 12.5 Å². The predicted molar refractivity (Wildman–Crippen MR) is 120 cm³/mol. The second kappa shape index (κ2) is 10.1. The number of hydrogen-bond acceptors (Lipinski definition) is 2. The van der Waals surface area contributed by atoms with Crippen LogP contribution in [0.25, 0.3) is 0 Å². The Labute approximate surface area is 174 Å². The smallest absolute Gasteiger partial charge is 0.118 e. The van der Waals surface area contributed by atoms with Gasteiger partial charge in [-0.3, -0.25) is 4.90 Å². The van der Waals surface area contributed by atoms with Gasteiger partial charge < -0.3 is 4.74 Å². The fourth-order valence-corrected chi connectivity index (χ4v) is 6.38. The van der Waals surface area contributed by atoms with Crippen molar-refractivity contribution in [2.24, 2.45) is 17.8 Å². The van der Waals surface area contributed by atoms with Gasteiger partial charge >= 0.3 is 0 Å². The first kappa shape index (κ1) is 21.7. The summed E-state index contributed by atoms with van der Waals surface area (Å²) in [5.41, 5.74) is 1.88. The van der Waals surface area contributed by atoms with Crippen LogP contribution in [0, 0.1) is 17.8 Å². The van der Waals surface area contributed by atoms with Crippen LogP contribution in [0.3, 0.4) is 0 Å². The summed E-state index contributed by atoms with van der Waals surface area (Å²) >= 11 is 0. The molecular formula is C26H43NO. The van der Waals surface area contributed by atoms with E-state index in [0.717, 1.165) is 30.0 Å². The maximum Gasteiger partial charge on any atom is 0.118 e. The highest BCUT2D eigenvalue weighted by Crippen LogP contribution is 2.50. The van der Waals surface area contributed by atoms with Crippen molar-refractivity contribution >= 4 is 0 Å². The van der Waals surface area contributed by atoms with Crippen molar-refractivity contribution in [3.63, 3.8) is 0 Å². The molecule has 2 aliphatic rings. The van der Waals surface area contributed by atoms with E-state index in [2.05, 4.69) is 49.9 Å². The molecule has 0 N–H and O–H groups in total. The number of nitrogens with zero attached hydrogens (tertiary/aromatic N) is 1. The van der Waals surface area contributed by atoms with E-state index in [4.69, 9.17) is 4.74 Å². The average molecular weight is 386 g/mol. The lowest BCUT2D eigenvalue weighted by Crippen LogP contribution is -2.56. The molecule has 2 heteroatoms. The Morgan fingerprint density at radius 2 is 1.57 bits per heavy atom. The van der Waals surface area contributed by atoms with Crippen LogP contribution in [0.1, 0.15) is 90.5 Å². The molecule has 0 aliphatic heterocycles. The van der Waals surface area contributed by atoms with Crippen molar-refractivity contribution in [3.05, 3.63) is 29.8 Å².